The fraction of sp³-hybridized carbons (Fsp3) is 0.308. The van der Waals surface area contributed by atoms with E-state index in [9.17, 15) is 0 Å². The zero-order valence-electron chi connectivity index (χ0n) is 10.2. The molecule has 94 valence electrons. The van der Waals surface area contributed by atoms with Crippen LogP contribution in [0.1, 0.15) is 5.82 Å². The lowest BCUT2D eigenvalue weighted by Crippen LogP contribution is -2.15. The molecule has 0 spiro atoms. The van der Waals surface area contributed by atoms with Gasteiger partial charge in [-0.3, -0.25) is 0 Å². The predicted octanol–water partition coefficient (Wildman–Crippen LogP) is 1.57. The first-order valence-electron chi connectivity index (χ1n) is 5.95. The first-order chi connectivity index (χ1) is 8.86. The van der Waals surface area contributed by atoms with Crippen LogP contribution in [0.5, 0.6) is 11.5 Å². The minimum atomic E-state index is 0.602. The van der Waals surface area contributed by atoms with Gasteiger partial charge in [0.15, 0.2) is 11.5 Å². The molecule has 1 aromatic heterocycles. The number of hydrogen-bond acceptors (Lipinski definition) is 4. The van der Waals surface area contributed by atoms with E-state index >= 15 is 0 Å². The second kappa shape index (κ2) is 4.70. The molecule has 0 bridgehead atoms. The maximum absolute atomic E-state index is 5.57. The number of ether oxygens (including phenoxy) is 2. The maximum Gasteiger partial charge on any atom is 0.162 e. The van der Waals surface area contributed by atoms with Crippen molar-refractivity contribution in [1.82, 2.24) is 15.3 Å². The maximum atomic E-state index is 5.57. The summed E-state index contributed by atoms with van der Waals surface area (Å²) < 4.78 is 11.1. The highest BCUT2D eigenvalue weighted by molar-refractivity contribution is 5.63. The van der Waals surface area contributed by atoms with Crippen LogP contribution in [0, 0.1) is 0 Å². The molecule has 1 aromatic carbocycles. The van der Waals surface area contributed by atoms with Gasteiger partial charge in [-0.25, -0.2) is 4.98 Å². The molecule has 0 aliphatic carbocycles. The summed E-state index contributed by atoms with van der Waals surface area (Å²) in [5, 5.41) is 3.06. The van der Waals surface area contributed by atoms with E-state index in [1.54, 1.807) is 0 Å². The van der Waals surface area contributed by atoms with E-state index in [2.05, 4.69) is 15.3 Å². The van der Waals surface area contributed by atoms with E-state index in [1.165, 1.54) is 0 Å². The molecular weight excluding hydrogens is 230 g/mol. The Hall–Kier alpha value is -2.01. The van der Waals surface area contributed by atoms with Crippen molar-refractivity contribution in [3.8, 4) is 22.8 Å². The number of nitrogens with one attached hydrogen (secondary N) is 2. The molecule has 0 unspecified atom stereocenters. The third-order valence-electron chi connectivity index (χ3n) is 2.83. The van der Waals surface area contributed by atoms with Gasteiger partial charge in [-0.15, -0.1) is 0 Å². The summed E-state index contributed by atoms with van der Waals surface area (Å²) >= 11 is 0. The average Bonchev–Trinajstić information content (AvgIpc) is 2.87. The summed E-state index contributed by atoms with van der Waals surface area (Å²) in [5.74, 6) is 2.52. The Kier molecular flexibility index (Phi) is 2.90. The molecule has 2 aromatic rings. The molecule has 2 N–H and O–H groups in total. The monoisotopic (exact) mass is 245 g/mol. The fourth-order valence-corrected chi connectivity index (χ4v) is 1.98. The van der Waals surface area contributed by atoms with Crippen LogP contribution in [-0.4, -0.2) is 30.2 Å². The van der Waals surface area contributed by atoms with Gasteiger partial charge < -0.3 is 19.8 Å². The van der Waals surface area contributed by atoms with Gasteiger partial charge in [-0.1, -0.05) is 0 Å². The van der Waals surface area contributed by atoms with Crippen molar-refractivity contribution in [2.45, 2.75) is 6.54 Å². The SMILES string of the molecule is CNCc1ncc(-c2ccc3c(c2)OCCO3)[nH]1. The molecule has 1 aliphatic rings. The van der Waals surface area contributed by atoms with Crippen molar-refractivity contribution in [1.29, 1.82) is 0 Å². The fourth-order valence-electron chi connectivity index (χ4n) is 1.98. The average molecular weight is 245 g/mol. The second-order valence-electron chi connectivity index (χ2n) is 4.13. The van der Waals surface area contributed by atoms with Crippen LogP contribution in [0.15, 0.2) is 24.4 Å². The number of benzene rings is 1. The van der Waals surface area contributed by atoms with Gasteiger partial charge in [-0.2, -0.15) is 0 Å². The van der Waals surface area contributed by atoms with Crippen molar-refractivity contribution in [2.75, 3.05) is 20.3 Å². The molecule has 2 heterocycles. The van der Waals surface area contributed by atoms with Gasteiger partial charge in [-0.05, 0) is 25.2 Å². The van der Waals surface area contributed by atoms with Gasteiger partial charge >= 0.3 is 0 Å². The van der Waals surface area contributed by atoms with Crippen molar-refractivity contribution >= 4 is 0 Å². The highest BCUT2D eigenvalue weighted by Crippen LogP contribution is 2.33. The summed E-state index contributed by atoms with van der Waals surface area (Å²) in [6, 6.07) is 5.91. The third-order valence-corrected chi connectivity index (χ3v) is 2.83. The first kappa shape index (κ1) is 11.1. The zero-order chi connectivity index (χ0) is 12.4. The van der Waals surface area contributed by atoms with Crippen LogP contribution in [0.3, 0.4) is 0 Å². The van der Waals surface area contributed by atoms with Crippen LogP contribution >= 0.6 is 0 Å². The molecule has 5 heteroatoms. The minimum Gasteiger partial charge on any atom is -0.486 e. The molecular formula is C13H15N3O2. The molecule has 5 nitrogen and oxygen atoms in total. The molecule has 0 radical (unpaired) electrons. The molecule has 1 aliphatic heterocycles. The molecule has 0 amide bonds. The van der Waals surface area contributed by atoms with E-state index in [0.717, 1.165) is 35.1 Å². The van der Waals surface area contributed by atoms with Crippen LogP contribution in [0.2, 0.25) is 0 Å². The number of fused-ring (bicyclic) bond motifs is 1. The quantitative estimate of drug-likeness (QED) is 0.861. The Balaban J connectivity index is 1.91. The van der Waals surface area contributed by atoms with Crippen LogP contribution in [-0.2, 0) is 6.54 Å². The Bertz CT molecular complexity index is 551. The van der Waals surface area contributed by atoms with E-state index in [4.69, 9.17) is 9.47 Å². The van der Waals surface area contributed by atoms with Gasteiger partial charge in [0, 0.05) is 5.56 Å². The second-order valence-corrected chi connectivity index (χ2v) is 4.13. The van der Waals surface area contributed by atoms with Crippen LogP contribution in [0.25, 0.3) is 11.3 Å². The first-order valence-corrected chi connectivity index (χ1v) is 5.95. The van der Waals surface area contributed by atoms with Gasteiger partial charge in [0.2, 0.25) is 0 Å². The zero-order valence-corrected chi connectivity index (χ0v) is 10.2. The lowest BCUT2D eigenvalue weighted by atomic mass is 10.1. The normalized spacial score (nSPS) is 13.6. The molecule has 0 fully saturated rings. The van der Waals surface area contributed by atoms with E-state index in [-0.39, 0.29) is 0 Å². The standard InChI is InChI=1S/C13H15N3O2/c1-14-8-13-15-7-10(16-13)9-2-3-11-12(6-9)18-5-4-17-11/h2-3,6-7,14H,4-5,8H2,1H3,(H,15,16). The predicted molar refractivity (Wildman–Crippen MR) is 67.8 cm³/mol. The van der Waals surface area contributed by atoms with E-state index in [1.807, 2.05) is 31.4 Å². The number of hydrogen-bond donors (Lipinski definition) is 2. The lowest BCUT2D eigenvalue weighted by molar-refractivity contribution is 0.171. The molecule has 0 atom stereocenters. The summed E-state index contributed by atoms with van der Waals surface area (Å²) in [6.45, 7) is 1.94. The van der Waals surface area contributed by atoms with Crippen molar-refractivity contribution in [2.24, 2.45) is 0 Å². The van der Waals surface area contributed by atoms with E-state index in [0.29, 0.717) is 13.2 Å². The van der Waals surface area contributed by atoms with Gasteiger partial charge in [0.25, 0.3) is 0 Å². The topological polar surface area (TPSA) is 59.2 Å². The molecule has 18 heavy (non-hydrogen) atoms. The summed E-state index contributed by atoms with van der Waals surface area (Å²) in [5.41, 5.74) is 2.03. The number of imidazole rings is 1. The van der Waals surface area contributed by atoms with Crippen LogP contribution < -0.4 is 14.8 Å². The van der Waals surface area contributed by atoms with Gasteiger partial charge in [0.05, 0.1) is 18.4 Å². The highest BCUT2D eigenvalue weighted by Gasteiger charge is 2.13. The smallest absolute Gasteiger partial charge is 0.162 e. The molecule has 3 rings (SSSR count). The summed E-state index contributed by atoms with van der Waals surface area (Å²) in [7, 11) is 1.90. The number of aromatic nitrogens is 2. The third kappa shape index (κ3) is 2.04. The highest BCUT2D eigenvalue weighted by atomic mass is 16.6. The Labute approximate surface area is 105 Å². The van der Waals surface area contributed by atoms with E-state index < -0.39 is 0 Å². The molecule has 0 saturated carbocycles. The Morgan fingerprint density at radius 3 is 2.94 bits per heavy atom. The summed E-state index contributed by atoms with van der Waals surface area (Å²) in [4.78, 5) is 7.57. The Morgan fingerprint density at radius 1 is 1.28 bits per heavy atom. The lowest BCUT2D eigenvalue weighted by Gasteiger charge is -2.18. The molecule has 0 saturated heterocycles. The summed E-state index contributed by atoms with van der Waals surface area (Å²) in [6.07, 6.45) is 1.83. The Morgan fingerprint density at radius 2 is 2.11 bits per heavy atom. The van der Waals surface area contributed by atoms with Crippen molar-refractivity contribution in [3.05, 3.63) is 30.2 Å². The number of aromatic amines is 1. The number of H-pyrrole nitrogens is 1. The van der Waals surface area contributed by atoms with Crippen molar-refractivity contribution in [3.63, 3.8) is 0 Å². The minimum absolute atomic E-state index is 0.602. The largest absolute Gasteiger partial charge is 0.486 e. The van der Waals surface area contributed by atoms with Gasteiger partial charge in [0.1, 0.15) is 19.0 Å². The van der Waals surface area contributed by atoms with Crippen LogP contribution in [0.4, 0.5) is 0 Å². The number of nitrogens with zero attached hydrogens (tertiary/aromatic N) is 1. The van der Waals surface area contributed by atoms with Crippen molar-refractivity contribution < 1.29 is 9.47 Å². The number of rotatable bonds is 3.